The Balaban J connectivity index is 1.64. The lowest BCUT2D eigenvalue weighted by molar-refractivity contribution is -0.115. The summed E-state index contributed by atoms with van der Waals surface area (Å²) >= 11 is 0. The minimum atomic E-state index is -4.11. The Hall–Kier alpha value is -3.94. The van der Waals surface area contributed by atoms with Crippen molar-refractivity contribution >= 4 is 27.3 Å². The van der Waals surface area contributed by atoms with E-state index >= 15 is 0 Å². The van der Waals surface area contributed by atoms with Crippen LogP contribution in [0, 0.1) is 17.1 Å². The van der Waals surface area contributed by atoms with E-state index in [0.29, 0.717) is 11.3 Å². The number of ether oxygens (including phenoxy) is 1. The number of carbonyl (C=O) groups excluding carboxylic acids is 1. The quantitative estimate of drug-likeness (QED) is 0.559. The summed E-state index contributed by atoms with van der Waals surface area (Å²) in [4.78, 5) is 12.4. The molecule has 0 aliphatic carbocycles. The monoisotopic (exact) mass is 481 g/mol. The van der Waals surface area contributed by atoms with Crippen molar-refractivity contribution in [3.63, 3.8) is 0 Å². The number of sulfonamides is 1. The van der Waals surface area contributed by atoms with Crippen molar-refractivity contribution in [1.82, 2.24) is 0 Å². The molecule has 4 rings (SSSR count). The van der Waals surface area contributed by atoms with Crippen LogP contribution in [0.25, 0.3) is 0 Å². The van der Waals surface area contributed by atoms with Gasteiger partial charge in [0.25, 0.3) is 10.0 Å². The van der Waals surface area contributed by atoms with Crippen LogP contribution < -0.4 is 14.4 Å². The zero-order valence-electron chi connectivity index (χ0n) is 17.8. The van der Waals surface area contributed by atoms with Crippen LogP contribution in [0.1, 0.15) is 11.1 Å². The van der Waals surface area contributed by atoms with Crippen molar-refractivity contribution < 1.29 is 27.4 Å². The molecule has 0 bridgehead atoms. The highest BCUT2D eigenvalue weighted by Gasteiger charge is 2.34. The number of aliphatic hydroxyl groups excluding tert-OH is 1. The van der Waals surface area contributed by atoms with Crippen LogP contribution in [0.5, 0.6) is 5.75 Å². The molecule has 0 saturated carbocycles. The summed E-state index contributed by atoms with van der Waals surface area (Å²) in [5.74, 6) is -0.545. The lowest BCUT2D eigenvalue weighted by atomic mass is 10.1. The predicted molar refractivity (Wildman–Crippen MR) is 122 cm³/mol. The van der Waals surface area contributed by atoms with Crippen LogP contribution in [-0.2, 0) is 21.2 Å². The molecule has 1 aliphatic rings. The van der Waals surface area contributed by atoms with Gasteiger partial charge < -0.3 is 15.2 Å². The van der Waals surface area contributed by atoms with Gasteiger partial charge in [0.1, 0.15) is 17.7 Å². The van der Waals surface area contributed by atoms with Gasteiger partial charge >= 0.3 is 0 Å². The molecule has 1 aliphatic heterocycles. The first-order chi connectivity index (χ1) is 16.3. The van der Waals surface area contributed by atoms with E-state index < -0.39 is 28.6 Å². The van der Waals surface area contributed by atoms with Crippen molar-refractivity contribution in [2.24, 2.45) is 0 Å². The van der Waals surface area contributed by atoms with Gasteiger partial charge in [0, 0.05) is 5.69 Å². The van der Waals surface area contributed by atoms with Gasteiger partial charge in [-0.15, -0.1) is 0 Å². The number of benzene rings is 3. The number of carbonyl (C=O) groups is 1. The fourth-order valence-electron chi connectivity index (χ4n) is 3.56. The summed E-state index contributed by atoms with van der Waals surface area (Å²) in [5, 5.41) is 21.5. The van der Waals surface area contributed by atoms with Gasteiger partial charge in [-0.3, -0.25) is 9.10 Å². The van der Waals surface area contributed by atoms with E-state index in [-0.39, 0.29) is 40.8 Å². The lowest BCUT2D eigenvalue weighted by Gasteiger charge is -2.35. The first kappa shape index (κ1) is 23.2. The van der Waals surface area contributed by atoms with Crippen LogP contribution in [-0.4, -0.2) is 38.7 Å². The topological polar surface area (TPSA) is 120 Å². The maximum Gasteiger partial charge on any atom is 0.264 e. The highest BCUT2D eigenvalue weighted by Crippen LogP contribution is 2.39. The van der Waals surface area contributed by atoms with E-state index in [9.17, 15) is 22.7 Å². The summed E-state index contributed by atoms with van der Waals surface area (Å²) < 4.78 is 46.8. The largest absolute Gasteiger partial charge is 0.484 e. The number of aliphatic hydroxyl groups is 1. The molecule has 1 heterocycles. The minimum Gasteiger partial charge on any atom is -0.484 e. The van der Waals surface area contributed by atoms with Crippen molar-refractivity contribution in [2.45, 2.75) is 17.4 Å². The Labute approximate surface area is 195 Å². The molecular formula is C24H20FN3O5S. The summed E-state index contributed by atoms with van der Waals surface area (Å²) in [7, 11) is -4.11. The van der Waals surface area contributed by atoms with E-state index in [1.165, 1.54) is 60.7 Å². The predicted octanol–water partition coefficient (Wildman–Crippen LogP) is 2.83. The second kappa shape index (κ2) is 9.51. The van der Waals surface area contributed by atoms with Gasteiger partial charge in [0.2, 0.25) is 5.91 Å². The molecule has 10 heteroatoms. The number of nitriles is 1. The molecule has 1 atom stereocenters. The molecule has 0 aromatic heterocycles. The zero-order chi connectivity index (χ0) is 24.3. The molecule has 0 fully saturated rings. The maximum absolute atomic E-state index is 13.4. The molecule has 0 unspecified atom stereocenters. The van der Waals surface area contributed by atoms with Crippen molar-refractivity contribution in [3.8, 4) is 11.8 Å². The second-order valence-electron chi connectivity index (χ2n) is 7.63. The van der Waals surface area contributed by atoms with E-state index in [1.807, 2.05) is 6.07 Å². The number of hydrogen-bond donors (Lipinski definition) is 2. The molecule has 2 N–H and O–H groups in total. The molecule has 34 heavy (non-hydrogen) atoms. The maximum atomic E-state index is 13.4. The third-order valence-electron chi connectivity index (χ3n) is 5.21. The Kier molecular flexibility index (Phi) is 6.49. The zero-order valence-corrected chi connectivity index (χ0v) is 18.6. The van der Waals surface area contributed by atoms with Crippen LogP contribution >= 0.6 is 0 Å². The normalized spacial score (nSPS) is 15.1. The number of amides is 1. The third-order valence-corrected chi connectivity index (χ3v) is 6.98. The number of rotatable bonds is 6. The first-order valence-corrected chi connectivity index (χ1v) is 11.7. The fourth-order valence-corrected chi connectivity index (χ4v) is 5.10. The minimum absolute atomic E-state index is 0.00339. The van der Waals surface area contributed by atoms with Crippen LogP contribution in [0.4, 0.5) is 15.8 Å². The van der Waals surface area contributed by atoms with Crippen molar-refractivity contribution in [3.05, 3.63) is 83.7 Å². The average molecular weight is 482 g/mol. The molecule has 8 nitrogen and oxygen atoms in total. The number of fused-ring (bicyclic) bond motifs is 1. The molecule has 174 valence electrons. The Morgan fingerprint density at radius 1 is 1.18 bits per heavy atom. The van der Waals surface area contributed by atoms with Crippen molar-refractivity contribution in [2.75, 3.05) is 22.8 Å². The second-order valence-corrected chi connectivity index (χ2v) is 9.49. The highest BCUT2D eigenvalue weighted by atomic mass is 32.2. The summed E-state index contributed by atoms with van der Waals surface area (Å²) in [6.07, 6.45) is -0.788. The van der Waals surface area contributed by atoms with Gasteiger partial charge in [0.15, 0.2) is 0 Å². The van der Waals surface area contributed by atoms with Crippen LogP contribution in [0.3, 0.4) is 0 Å². The van der Waals surface area contributed by atoms with Crippen LogP contribution in [0.15, 0.2) is 71.6 Å². The van der Waals surface area contributed by atoms with E-state index in [4.69, 9.17) is 10.00 Å². The molecule has 3 aromatic rings. The summed E-state index contributed by atoms with van der Waals surface area (Å²) in [6, 6.07) is 17.6. The number of nitrogens with zero attached hydrogens (tertiary/aromatic N) is 2. The molecule has 1 amide bonds. The average Bonchev–Trinajstić information content (AvgIpc) is 2.84. The smallest absolute Gasteiger partial charge is 0.264 e. The molecular weight excluding hydrogens is 461 g/mol. The van der Waals surface area contributed by atoms with Gasteiger partial charge in [-0.25, -0.2) is 12.8 Å². The van der Waals surface area contributed by atoms with Crippen molar-refractivity contribution in [1.29, 1.82) is 5.26 Å². The molecule has 0 saturated heterocycles. The third kappa shape index (κ3) is 4.85. The SMILES string of the molecule is N#Cc1cccc(S(=O)(=O)N2C[C@H](CO)Oc3ccc(NC(=O)Cc4ccc(F)cc4)cc32)c1. The number of hydrogen-bond acceptors (Lipinski definition) is 6. The van der Waals surface area contributed by atoms with Gasteiger partial charge in [0.05, 0.1) is 41.8 Å². The lowest BCUT2D eigenvalue weighted by Crippen LogP contribution is -2.45. The fraction of sp³-hybridized carbons (Fsp3) is 0.167. The van der Waals surface area contributed by atoms with Gasteiger partial charge in [-0.1, -0.05) is 18.2 Å². The molecule has 0 radical (unpaired) electrons. The first-order valence-electron chi connectivity index (χ1n) is 10.3. The Morgan fingerprint density at radius 3 is 2.65 bits per heavy atom. The standard InChI is InChI=1S/C24H20FN3O5S/c25-18-6-4-16(5-7-18)11-24(30)27-19-8-9-23-22(12-19)28(14-20(15-29)33-23)34(31,32)21-3-1-2-17(10-21)13-26/h1-10,12,20,29H,11,14-15H2,(H,27,30)/t20-/m1/s1. The number of halogens is 1. The summed E-state index contributed by atoms with van der Waals surface area (Å²) in [5.41, 5.74) is 1.33. The highest BCUT2D eigenvalue weighted by molar-refractivity contribution is 7.92. The number of nitrogens with one attached hydrogen (secondary N) is 1. The van der Waals surface area contributed by atoms with Gasteiger partial charge in [-0.2, -0.15) is 5.26 Å². The van der Waals surface area contributed by atoms with E-state index in [0.717, 1.165) is 4.31 Å². The molecule has 3 aromatic carbocycles. The van der Waals surface area contributed by atoms with E-state index in [2.05, 4.69) is 5.32 Å². The number of anilines is 2. The Morgan fingerprint density at radius 2 is 1.94 bits per heavy atom. The van der Waals surface area contributed by atoms with Crippen LogP contribution in [0.2, 0.25) is 0 Å². The Bertz CT molecular complexity index is 1370. The van der Waals surface area contributed by atoms with E-state index in [1.54, 1.807) is 6.07 Å². The van der Waals surface area contributed by atoms with Gasteiger partial charge in [-0.05, 0) is 54.1 Å². The molecule has 0 spiro atoms. The summed E-state index contributed by atoms with van der Waals surface area (Å²) in [6.45, 7) is -0.560.